The maximum atomic E-state index is 11.2. The highest BCUT2D eigenvalue weighted by atomic mass is 16.6. The molecule has 0 aliphatic heterocycles. The zero-order valence-electron chi connectivity index (χ0n) is 10.2. The van der Waals surface area contributed by atoms with E-state index in [1.165, 1.54) is 0 Å². The lowest BCUT2D eigenvalue weighted by molar-refractivity contribution is 0.162. The van der Waals surface area contributed by atoms with Gasteiger partial charge in [-0.05, 0) is 19.4 Å². The van der Waals surface area contributed by atoms with Gasteiger partial charge >= 0.3 is 6.09 Å². The first-order valence-corrected chi connectivity index (χ1v) is 5.67. The van der Waals surface area contributed by atoms with Gasteiger partial charge in [0, 0.05) is 6.42 Å². The summed E-state index contributed by atoms with van der Waals surface area (Å²) in [7, 11) is 0. The average Bonchev–Trinajstić information content (AvgIpc) is 2.31. The van der Waals surface area contributed by atoms with E-state index in [1.807, 2.05) is 37.3 Å². The number of hydrogen-bond donors (Lipinski definition) is 0. The molecule has 1 rings (SSSR count). The number of carbonyl (C=O) groups is 1. The van der Waals surface area contributed by atoms with Crippen molar-refractivity contribution < 1.29 is 14.3 Å². The largest absolute Gasteiger partial charge is 0.481 e. The van der Waals surface area contributed by atoms with Crippen molar-refractivity contribution in [2.45, 2.75) is 20.3 Å². The summed E-state index contributed by atoms with van der Waals surface area (Å²) in [6.45, 7) is 4.38. The smallest absolute Gasteiger partial charge is 0.436 e. The highest BCUT2D eigenvalue weighted by molar-refractivity contribution is 5.89. The number of amides is 1. The molecule has 0 atom stereocenters. The summed E-state index contributed by atoms with van der Waals surface area (Å²) in [5, 5.41) is 0. The summed E-state index contributed by atoms with van der Waals surface area (Å²) in [4.78, 5) is 15.0. The van der Waals surface area contributed by atoms with Crippen molar-refractivity contribution in [2.24, 2.45) is 4.99 Å². The van der Waals surface area contributed by atoms with Gasteiger partial charge in [0.15, 0.2) is 5.90 Å². The van der Waals surface area contributed by atoms with Crippen LogP contribution in [0.25, 0.3) is 0 Å². The van der Waals surface area contributed by atoms with Crippen molar-refractivity contribution >= 4 is 12.0 Å². The Kier molecular flexibility index (Phi) is 5.79. The normalized spacial score (nSPS) is 11.1. The summed E-state index contributed by atoms with van der Waals surface area (Å²) in [6.07, 6.45) is -0.111. The molecule has 4 nitrogen and oxygen atoms in total. The maximum absolute atomic E-state index is 11.2. The number of hydrogen-bond acceptors (Lipinski definition) is 3. The number of nitrogens with zero attached hydrogens (tertiary/aromatic N) is 1. The predicted molar refractivity (Wildman–Crippen MR) is 66.2 cm³/mol. The van der Waals surface area contributed by atoms with Gasteiger partial charge < -0.3 is 9.47 Å². The molecule has 0 bridgehead atoms. The minimum atomic E-state index is -0.605. The van der Waals surface area contributed by atoms with Gasteiger partial charge in [0.05, 0.1) is 13.2 Å². The van der Waals surface area contributed by atoms with Gasteiger partial charge in [-0.2, -0.15) is 0 Å². The van der Waals surface area contributed by atoms with Gasteiger partial charge in [-0.15, -0.1) is 4.99 Å². The Morgan fingerprint density at radius 3 is 2.35 bits per heavy atom. The average molecular weight is 235 g/mol. The zero-order chi connectivity index (χ0) is 12.5. The first-order chi connectivity index (χ1) is 8.26. The van der Waals surface area contributed by atoms with Crippen LogP contribution >= 0.6 is 0 Å². The molecule has 4 heteroatoms. The second kappa shape index (κ2) is 7.44. The van der Waals surface area contributed by atoms with Crippen LogP contribution in [0.5, 0.6) is 0 Å². The lowest BCUT2D eigenvalue weighted by Crippen LogP contribution is -2.12. The van der Waals surface area contributed by atoms with Crippen molar-refractivity contribution in [3.8, 4) is 0 Å². The van der Waals surface area contributed by atoms with Gasteiger partial charge in [-0.1, -0.05) is 30.3 Å². The third-order valence-corrected chi connectivity index (χ3v) is 1.99. The molecule has 0 radical (unpaired) electrons. The van der Waals surface area contributed by atoms with Crippen molar-refractivity contribution in [3.63, 3.8) is 0 Å². The van der Waals surface area contributed by atoms with Crippen LogP contribution in [0.15, 0.2) is 35.3 Å². The molecule has 0 saturated heterocycles. The van der Waals surface area contributed by atoms with Crippen LogP contribution in [0.3, 0.4) is 0 Å². The zero-order valence-corrected chi connectivity index (χ0v) is 10.2. The van der Waals surface area contributed by atoms with Crippen LogP contribution in [0, 0.1) is 0 Å². The van der Waals surface area contributed by atoms with E-state index in [-0.39, 0.29) is 0 Å². The molecule has 1 aromatic carbocycles. The quantitative estimate of drug-likeness (QED) is 0.595. The van der Waals surface area contributed by atoms with Crippen LogP contribution in [-0.2, 0) is 15.9 Å². The first kappa shape index (κ1) is 13.2. The first-order valence-electron chi connectivity index (χ1n) is 5.67. The molecule has 0 fully saturated rings. The Hall–Kier alpha value is -1.84. The molecule has 1 aromatic rings. The molecule has 0 N–H and O–H groups in total. The molecular formula is C13H17NO3. The maximum Gasteiger partial charge on any atom is 0.436 e. The minimum absolute atomic E-state index is 0.313. The number of ether oxygens (including phenoxy) is 2. The van der Waals surface area contributed by atoms with E-state index in [2.05, 4.69) is 4.99 Å². The Balaban J connectivity index is 2.69. The molecule has 0 aliphatic rings. The van der Waals surface area contributed by atoms with E-state index in [9.17, 15) is 4.79 Å². The fraction of sp³-hybridized carbons (Fsp3) is 0.385. The van der Waals surface area contributed by atoms with Crippen LogP contribution in [-0.4, -0.2) is 25.2 Å². The van der Waals surface area contributed by atoms with Crippen molar-refractivity contribution in [1.29, 1.82) is 0 Å². The lowest BCUT2D eigenvalue weighted by atomic mass is 10.1. The van der Waals surface area contributed by atoms with Gasteiger partial charge in [0.25, 0.3) is 0 Å². The highest BCUT2D eigenvalue weighted by Gasteiger charge is 2.06. The molecule has 0 aliphatic carbocycles. The molecule has 17 heavy (non-hydrogen) atoms. The molecule has 0 aromatic heterocycles. The van der Waals surface area contributed by atoms with Crippen LogP contribution in [0.2, 0.25) is 0 Å². The van der Waals surface area contributed by atoms with E-state index >= 15 is 0 Å². The van der Waals surface area contributed by atoms with Crippen molar-refractivity contribution in [1.82, 2.24) is 0 Å². The lowest BCUT2D eigenvalue weighted by Gasteiger charge is -2.07. The monoisotopic (exact) mass is 235 g/mol. The summed E-state index contributed by atoms with van der Waals surface area (Å²) in [5.41, 5.74) is 1.05. The molecular weight excluding hydrogens is 218 g/mol. The molecule has 0 heterocycles. The van der Waals surface area contributed by atoms with Gasteiger partial charge in [-0.25, -0.2) is 4.79 Å². The Labute approximate surface area is 101 Å². The number of carbonyl (C=O) groups excluding carboxylic acids is 1. The molecule has 0 unspecified atom stereocenters. The Bertz CT molecular complexity index is 374. The fourth-order valence-electron chi connectivity index (χ4n) is 1.32. The summed E-state index contributed by atoms with van der Waals surface area (Å²) < 4.78 is 10.1. The third-order valence-electron chi connectivity index (χ3n) is 1.99. The predicted octanol–water partition coefficient (Wildman–Crippen LogP) is 2.82. The topological polar surface area (TPSA) is 47.9 Å². The number of aliphatic imine (C=N–C) groups is 1. The second-order valence-electron chi connectivity index (χ2n) is 3.30. The van der Waals surface area contributed by atoms with E-state index in [4.69, 9.17) is 9.47 Å². The van der Waals surface area contributed by atoms with E-state index in [0.29, 0.717) is 25.5 Å². The van der Waals surface area contributed by atoms with Crippen LogP contribution in [0.1, 0.15) is 19.4 Å². The van der Waals surface area contributed by atoms with Crippen molar-refractivity contribution in [3.05, 3.63) is 35.9 Å². The summed E-state index contributed by atoms with van der Waals surface area (Å²) in [6, 6.07) is 9.72. The van der Waals surface area contributed by atoms with Crippen molar-refractivity contribution in [2.75, 3.05) is 13.2 Å². The SMILES string of the molecule is CCOC(=O)/N=C(/Cc1ccccc1)OCC. The Morgan fingerprint density at radius 2 is 1.76 bits per heavy atom. The van der Waals surface area contributed by atoms with E-state index < -0.39 is 6.09 Å². The molecule has 0 saturated carbocycles. The number of benzene rings is 1. The third kappa shape index (κ3) is 5.15. The number of rotatable bonds is 4. The van der Waals surface area contributed by atoms with E-state index in [0.717, 1.165) is 5.56 Å². The molecule has 1 amide bonds. The molecule has 92 valence electrons. The van der Waals surface area contributed by atoms with Gasteiger partial charge in [0.1, 0.15) is 0 Å². The van der Waals surface area contributed by atoms with Gasteiger partial charge in [0.2, 0.25) is 0 Å². The minimum Gasteiger partial charge on any atom is -0.481 e. The summed E-state index contributed by atoms with van der Waals surface area (Å²) >= 11 is 0. The highest BCUT2D eigenvalue weighted by Crippen LogP contribution is 2.03. The van der Waals surface area contributed by atoms with Gasteiger partial charge in [-0.3, -0.25) is 0 Å². The van der Waals surface area contributed by atoms with E-state index in [1.54, 1.807) is 6.92 Å². The summed E-state index contributed by atoms with van der Waals surface area (Å²) in [5.74, 6) is 0.386. The fourth-order valence-corrected chi connectivity index (χ4v) is 1.32. The standard InChI is InChI=1S/C13H17NO3/c1-3-16-12(14-13(15)17-4-2)10-11-8-6-5-7-9-11/h5-9H,3-4,10H2,1-2H3/b14-12-. The Morgan fingerprint density at radius 1 is 1.12 bits per heavy atom. The second-order valence-corrected chi connectivity index (χ2v) is 3.30. The van der Waals surface area contributed by atoms with Crippen LogP contribution in [0.4, 0.5) is 4.79 Å². The molecule has 0 spiro atoms. The van der Waals surface area contributed by atoms with Crippen LogP contribution < -0.4 is 0 Å².